The Hall–Kier alpha value is -1.55. The Labute approximate surface area is 224 Å². The minimum Gasteiger partial charge on any atom is -0.457 e. The fraction of sp³-hybridized carbons (Fsp3) is 0.690. The van der Waals surface area contributed by atoms with Crippen LogP contribution in [-0.2, 0) is 25.6 Å². The molecular formula is C29H42O7S. The summed E-state index contributed by atoms with van der Waals surface area (Å²) in [6.07, 6.45) is 4.61. The molecule has 3 aliphatic rings. The SMILES string of the molecule is CO[C@H]1C[C@H]2C=C[C@@H]3C(C[C@H]3[C@H](OCc3ccsc3)[C@H](C)CO)[C@]2(O)/C(C)=C/[C@@H](C)[C@@H]([C@@H](C)O)OC1=O. The van der Waals surface area contributed by atoms with Crippen molar-refractivity contribution in [3.8, 4) is 0 Å². The summed E-state index contributed by atoms with van der Waals surface area (Å²) < 4.78 is 17.6. The van der Waals surface area contributed by atoms with Gasteiger partial charge in [-0.05, 0) is 72.4 Å². The Kier molecular flexibility index (Phi) is 8.98. The first kappa shape index (κ1) is 28.5. The highest BCUT2D eigenvalue weighted by Gasteiger charge is 2.59. The highest BCUT2D eigenvalue weighted by atomic mass is 32.1. The van der Waals surface area contributed by atoms with Gasteiger partial charge in [0.15, 0.2) is 6.10 Å². The van der Waals surface area contributed by atoms with Gasteiger partial charge >= 0.3 is 5.97 Å². The maximum absolute atomic E-state index is 12.9. The molecule has 2 aliphatic carbocycles. The predicted octanol–water partition coefficient (Wildman–Crippen LogP) is 3.72. The Morgan fingerprint density at radius 3 is 2.65 bits per heavy atom. The molecule has 1 unspecified atom stereocenters. The van der Waals surface area contributed by atoms with E-state index in [0.717, 1.165) is 17.6 Å². The number of allylic oxidation sites excluding steroid dienone is 1. The van der Waals surface area contributed by atoms with Gasteiger partial charge in [-0.15, -0.1) is 0 Å². The van der Waals surface area contributed by atoms with Crippen molar-refractivity contribution in [3.63, 3.8) is 0 Å². The molecule has 0 amide bonds. The third-order valence-corrected chi connectivity index (χ3v) is 9.61. The normalized spacial score (nSPS) is 39.7. The molecule has 0 aromatic carbocycles. The summed E-state index contributed by atoms with van der Waals surface area (Å²) in [7, 11) is 1.47. The van der Waals surface area contributed by atoms with Crippen LogP contribution < -0.4 is 0 Å². The molecule has 0 spiro atoms. The van der Waals surface area contributed by atoms with Gasteiger partial charge in [-0.3, -0.25) is 0 Å². The number of hydrogen-bond acceptors (Lipinski definition) is 8. The number of methoxy groups -OCH3 is 1. The number of cyclic esters (lactones) is 1. The number of thiophene rings is 1. The second kappa shape index (κ2) is 11.7. The van der Waals surface area contributed by atoms with Crippen molar-refractivity contribution < 1.29 is 34.3 Å². The van der Waals surface area contributed by atoms with Gasteiger partial charge in [0, 0.05) is 31.5 Å². The zero-order valence-corrected chi connectivity index (χ0v) is 23.3. The molecule has 1 fully saturated rings. The van der Waals surface area contributed by atoms with Crippen LogP contribution in [-0.4, -0.2) is 65.0 Å². The third kappa shape index (κ3) is 5.47. The molecule has 0 radical (unpaired) electrons. The zero-order chi connectivity index (χ0) is 26.9. The summed E-state index contributed by atoms with van der Waals surface area (Å²) in [6.45, 7) is 7.99. The first-order chi connectivity index (χ1) is 17.6. The molecule has 2 heterocycles. The van der Waals surface area contributed by atoms with Gasteiger partial charge in [-0.1, -0.05) is 32.1 Å². The highest BCUT2D eigenvalue weighted by Crippen LogP contribution is 2.58. The summed E-state index contributed by atoms with van der Waals surface area (Å²) in [5.74, 6) is -0.959. The number of esters is 1. The minimum absolute atomic E-state index is 0.0353. The average molecular weight is 535 g/mol. The summed E-state index contributed by atoms with van der Waals surface area (Å²) in [4.78, 5) is 12.9. The smallest absolute Gasteiger partial charge is 0.335 e. The lowest BCUT2D eigenvalue weighted by Crippen LogP contribution is -2.61. The van der Waals surface area contributed by atoms with Crippen molar-refractivity contribution in [3.05, 3.63) is 46.2 Å². The van der Waals surface area contributed by atoms with Crippen molar-refractivity contribution >= 4 is 17.3 Å². The lowest BCUT2D eigenvalue weighted by molar-refractivity contribution is -0.178. The molecule has 1 saturated carbocycles. The number of carbonyl (C=O) groups excluding carboxylic acids is 1. The van der Waals surface area contributed by atoms with Gasteiger partial charge in [0.25, 0.3) is 0 Å². The molecule has 206 valence electrons. The number of fused-ring (bicyclic) bond motifs is 3. The van der Waals surface area contributed by atoms with E-state index in [1.54, 1.807) is 18.3 Å². The Bertz CT molecular complexity index is 973. The molecule has 4 rings (SSSR count). The quantitative estimate of drug-likeness (QED) is 0.345. The van der Waals surface area contributed by atoms with Crippen LogP contribution in [0.2, 0.25) is 0 Å². The highest BCUT2D eigenvalue weighted by molar-refractivity contribution is 7.07. The van der Waals surface area contributed by atoms with Crippen LogP contribution in [0.1, 0.15) is 46.1 Å². The van der Waals surface area contributed by atoms with Crippen molar-refractivity contribution in [2.45, 2.75) is 77.2 Å². The molecule has 1 aromatic rings. The molecule has 1 aromatic heterocycles. The monoisotopic (exact) mass is 534 g/mol. The predicted molar refractivity (Wildman–Crippen MR) is 142 cm³/mol. The molecule has 0 saturated heterocycles. The number of rotatable bonds is 8. The number of aliphatic hydroxyl groups excluding tert-OH is 2. The first-order valence-electron chi connectivity index (χ1n) is 13.4. The van der Waals surface area contributed by atoms with Gasteiger partial charge in [0.05, 0.1) is 24.4 Å². The van der Waals surface area contributed by atoms with Crippen LogP contribution >= 0.6 is 11.3 Å². The topological polar surface area (TPSA) is 105 Å². The first-order valence-corrected chi connectivity index (χ1v) is 14.3. The lowest BCUT2D eigenvalue weighted by atomic mass is 9.49. The molecule has 7 nitrogen and oxygen atoms in total. The van der Waals surface area contributed by atoms with E-state index < -0.39 is 29.9 Å². The maximum atomic E-state index is 12.9. The molecule has 1 aliphatic heterocycles. The van der Waals surface area contributed by atoms with Gasteiger partial charge in [-0.2, -0.15) is 11.3 Å². The van der Waals surface area contributed by atoms with Crippen LogP contribution in [0.4, 0.5) is 0 Å². The fourth-order valence-corrected chi connectivity index (χ4v) is 7.37. The van der Waals surface area contributed by atoms with E-state index in [0.29, 0.717) is 6.61 Å². The summed E-state index contributed by atoms with van der Waals surface area (Å²) in [5, 5.41) is 36.8. The second-order valence-electron chi connectivity index (χ2n) is 11.3. The number of carbonyl (C=O) groups is 1. The van der Waals surface area contributed by atoms with Crippen LogP contribution in [0.15, 0.2) is 40.6 Å². The number of hydrogen-bond donors (Lipinski definition) is 3. The van der Waals surface area contributed by atoms with Gasteiger partial charge < -0.3 is 29.5 Å². The van der Waals surface area contributed by atoms with Crippen LogP contribution in [0.25, 0.3) is 0 Å². The van der Waals surface area contributed by atoms with Gasteiger partial charge in [0.2, 0.25) is 0 Å². The summed E-state index contributed by atoms with van der Waals surface area (Å²) in [5.41, 5.74) is 0.786. The van der Waals surface area contributed by atoms with Crippen LogP contribution in [0.3, 0.4) is 0 Å². The maximum Gasteiger partial charge on any atom is 0.335 e. The second-order valence-corrected chi connectivity index (χ2v) is 12.1. The Balaban J connectivity index is 1.64. The standard InChI is InChI=1S/C29H42O7S/c1-16-10-18(3)29(33)21(11-25(34-5)28(32)36-26(16)19(4)31)6-7-22-23(12-24(22)29)27(17(2)13-30)35-14-20-8-9-37-15-20/h6-10,15-17,19,21-27,30-31,33H,11-14H2,1-5H3/b18-10+/t16-,17-,19-,21-,22+,23-,24?,25+,26+,27-,29+/m1/s1. The van der Waals surface area contributed by atoms with Crippen LogP contribution in [0, 0.1) is 35.5 Å². The van der Waals surface area contributed by atoms with E-state index in [-0.39, 0.29) is 54.6 Å². The average Bonchev–Trinajstić information content (AvgIpc) is 3.37. The number of ether oxygens (including phenoxy) is 3. The minimum atomic E-state index is -1.16. The van der Waals surface area contributed by atoms with Crippen molar-refractivity contribution in [2.75, 3.05) is 13.7 Å². The van der Waals surface area contributed by atoms with Crippen molar-refractivity contribution in [2.24, 2.45) is 35.5 Å². The fourth-order valence-electron chi connectivity index (χ4n) is 6.72. The van der Waals surface area contributed by atoms with E-state index in [9.17, 15) is 20.1 Å². The molecule has 3 N–H and O–H groups in total. The zero-order valence-electron chi connectivity index (χ0n) is 22.4. The molecule has 8 heteroatoms. The van der Waals surface area contributed by atoms with E-state index in [4.69, 9.17) is 14.2 Å². The molecule has 11 atom stereocenters. The Morgan fingerprint density at radius 1 is 1.27 bits per heavy atom. The van der Waals surface area contributed by atoms with Crippen molar-refractivity contribution in [1.29, 1.82) is 0 Å². The third-order valence-electron chi connectivity index (χ3n) is 8.88. The summed E-state index contributed by atoms with van der Waals surface area (Å²) in [6, 6.07) is 2.05. The van der Waals surface area contributed by atoms with E-state index >= 15 is 0 Å². The summed E-state index contributed by atoms with van der Waals surface area (Å²) >= 11 is 1.64. The lowest BCUT2D eigenvalue weighted by Gasteiger charge is -2.59. The van der Waals surface area contributed by atoms with Gasteiger partial charge in [-0.25, -0.2) is 4.79 Å². The number of aliphatic hydroxyl groups is 3. The molecular weight excluding hydrogens is 492 g/mol. The van der Waals surface area contributed by atoms with E-state index in [1.807, 2.05) is 38.3 Å². The van der Waals surface area contributed by atoms with Gasteiger partial charge in [0.1, 0.15) is 6.10 Å². The Morgan fingerprint density at radius 2 is 2.03 bits per heavy atom. The van der Waals surface area contributed by atoms with E-state index in [2.05, 4.69) is 17.5 Å². The van der Waals surface area contributed by atoms with Crippen molar-refractivity contribution in [1.82, 2.24) is 0 Å². The van der Waals surface area contributed by atoms with Crippen LogP contribution in [0.5, 0.6) is 0 Å². The van der Waals surface area contributed by atoms with E-state index in [1.165, 1.54) is 7.11 Å². The largest absolute Gasteiger partial charge is 0.457 e. The molecule has 37 heavy (non-hydrogen) atoms. The molecule has 0 bridgehead atoms.